The Morgan fingerprint density at radius 3 is 2.31 bits per heavy atom. The molecule has 1 aromatic heterocycles. The number of anilines is 1. The summed E-state index contributed by atoms with van der Waals surface area (Å²) < 4.78 is 6.89. The SMILES string of the molecule is O=C(O)Cn1cc(NC(=O)CC2(NC(=O)OCC3c4ccccc4-c4ccccc43)CCC2)cn1. The molecule has 35 heavy (non-hydrogen) atoms. The molecule has 3 aromatic rings. The lowest BCUT2D eigenvalue weighted by molar-refractivity contribution is -0.137. The molecule has 0 aliphatic heterocycles. The van der Waals surface area contributed by atoms with Crippen LogP contribution in [0.15, 0.2) is 60.9 Å². The topological polar surface area (TPSA) is 123 Å². The lowest BCUT2D eigenvalue weighted by Crippen LogP contribution is -2.55. The second kappa shape index (κ2) is 9.25. The van der Waals surface area contributed by atoms with Gasteiger partial charge in [0.15, 0.2) is 0 Å². The number of ether oxygens (including phenoxy) is 1. The Labute approximate surface area is 202 Å². The first-order valence-corrected chi connectivity index (χ1v) is 11.6. The number of aliphatic carboxylic acids is 1. The predicted molar refractivity (Wildman–Crippen MR) is 128 cm³/mol. The predicted octanol–water partition coefficient (Wildman–Crippen LogP) is 3.76. The van der Waals surface area contributed by atoms with Gasteiger partial charge in [0.1, 0.15) is 13.2 Å². The van der Waals surface area contributed by atoms with E-state index in [2.05, 4.69) is 40.0 Å². The van der Waals surface area contributed by atoms with Crippen LogP contribution in [0, 0.1) is 0 Å². The van der Waals surface area contributed by atoms with E-state index in [1.54, 1.807) is 0 Å². The molecule has 9 heteroatoms. The van der Waals surface area contributed by atoms with E-state index in [0.717, 1.165) is 28.7 Å². The molecule has 2 aliphatic carbocycles. The minimum Gasteiger partial charge on any atom is -0.480 e. The highest BCUT2D eigenvalue weighted by molar-refractivity contribution is 5.91. The van der Waals surface area contributed by atoms with Gasteiger partial charge in [0, 0.05) is 12.1 Å². The standard InChI is InChI=1S/C26H26N4O5/c31-23(28-17-13-27-30(14-17)15-24(32)33)12-26(10-5-11-26)29-25(34)35-16-22-20-8-3-1-6-18(20)19-7-2-4-9-21(19)22/h1-4,6-9,13-14,22H,5,10-12,15-16H2,(H,28,31)(H,29,34)(H,32,33). The number of rotatable bonds is 8. The van der Waals surface area contributed by atoms with E-state index < -0.39 is 17.6 Å². The molecule has 5 rings (SSSR count). The highest BCUT2D eigenvalue weighted by Crippen LogP contribution is 2.44. The van der Waals surface area contributed by atoms with Crippen molar-refractivity contribution in [3.63, 3.8) is 0 Å². The minimum absolute atomic E-state index is 0.0314. The summed E-state index contributed by atoms with van der Waals surface area (Å²) in [5.74, 6) is -1.33. The van der Waals surface area contributed by atoms with Crippen molar-refractivity contribution in [1.29, 1.82) is 0 Å². The lowest BCUT2D eigenvalue weighted by Gasteiger charge is -2.41. The smallest absolute Gasteiger partial charge is 0.407 e. The summed E-state index contributed by atoms with van der Waals surface area (Å²) in [5.41, 5.74) is 4.37. The number of hydrogen-bond acceptors (Lipinski definition) is 5. The summed E-state index contributed by atoms with van der Waals surface area (Å²) in [6, 6.07) is 16.3. The van der Waals surface area contributed by atoms with E-state index >= 15 is 0 Å². The zero-order valence-corrected chi connectivity index (χ0v) is 19.1. The Bertz CT molecular complexity index is 1230. The second-order valence-corrected chi connectivity index (χ2v) is 9.13. The molecule has 0 saturated heterocycles. The third-order valence-corrected chi connectivity index (χ3v) is 6.73. The van der Waals surface area contributed by atoms with Gasteiger partial charge in [-0.05, 0) is 41.5 Å². The van der Waals surface area contributed by atoms with Crippen molar-refractivity contribution in [3.05, 3.63) is 72.1 Å². The number of carboxylic acids is 1. The second-order valence-electron chi connectivity index (χ2n) is 9.13. The lowest BCUT2D eigenvalue weighted by atomic mass is 9.74. The van der Waals surface area contributed by atoms with Gasteiger partial charge in [-0.1, -0.05) is 48.5 Å². The number of nitrogens with zero attached hydrogens (tertiary/aromatic N) is 2. The van der Waals surface area contributed by atoms with Crippen molar-refractivity contribution >= 4 is 23.7 Å². The molecule has 2 amide bonds. The third kappa shape index (κ3) is 4.75. The number of aromatic nitrogens is 2. The van der Waals surface area contributed by atoms with E-state index in [1.165, 1.54) is 17.1 Å². The van der Waals surface area contributed by atoms with Gasteiger partial charge >= 0.3 is 12.1 Å². The van der Waals surface area contributed by atoms with E-state index in [9.17, 15) is 14.4 Å². The summed E-state index contributed by atoms with van der Waals surface area (Å²) in [7, 11) is 0. The van der Waals surface area contributed by atoms with Gasteiger partial charge in [0.2, 0.25) is 5.91 Å². The van der Waals surface area contributed by atoms with Crippen molar-refractivity contribution in [2.45, 2.75) is 43.7 Å². The van der Waals surface area contributed by atoms with Crippen LogP contribution in [0.2, 0.25) is 0 Å². The number of amides is 2. The number of nitrogens with one attached hydrogen (secondary N) is 2. The molecule has 0 atom stereocenters. The number of alkyl carbamates (subject to hydrolysis) is 1. The number of carbonyl (C=O) groups excluding carboxylic acids is 2. The molecule has 0 spiro atoms. The Morgan fingerprint density at radius 1 is 1.06 bits per heavy atom. The maximum absolute atomic E-state index is 12.7. The van der Waals surface area contributed by atoms with Crippen molar-refractivity contribution in [3.8, 4) is 11.1 Å². The van der Waals surface area contributed by atoms with E-state index in [0.29, 0.717) is 18.5 Å². The number of carbonyl (C=O) groups is 3. The number of hydrogen-bond donors (Lipinski definition) is 3. The van der Waals surface area contributed by atoms with E-state index in [1.807, 2.05) is 24.3 Å². The van der Waals surface area contributed by atoms with Crippen LogP contribution in [0.5, 0.6) is 0 Å². The molecule has 1 saturated carbocycles. The van der Waals surface area contributed by atoms with Crippen LogP contribution in [0.3, 0.4) is 0 Å². The van der Waals surface area contributed by atoms with Crippen molar-refractivity contribution in [2.24, 2.45) is 0 Å². The van der Waals surface area contributed by atoms with Gasteiger partial charge in [-0.3, -0.25) is 14.3 Å². The molecular weight excluding hydrogens is 448 g/mol. The molecule has 3 N–H and O–H groups in total. The fourth-order valence-electron chi connectivity index (χ4n) is 4.97. The summed E-state index contributed by atoms with van der Waals surface area (Å²) >= 11 is 0. The molecule has 180 valence electrons. The Morgan fingerprint density at radius 2 is 1.71 bits per heavy atom. The van der Waals surface area contributed by atoms with Gasteiger partial charge in [-0.15, -0.1) is 0 Å². The Balaban J connectivity index is 1.18. The van der Waals surface area contributed by atoms with Gasteiger partial charge in [-0.25, -0.2) is 4.79 Å². The molecule has 9 nitrogen and oxygen atoms in total. The van der Waals surface area contributed by atoms with Gasteiger partial charge < -0.3 is 20.5 Å². The molecule has 1 heterocycles. The summed E-state index contributed by atoms with van der Waals surface area (Å²) in [5, 5.41) is 18.4. The minimum atomic E-state index is -1.02. The van der Waals surface area contributed by atoms with Crippen molar-refractivity contribution < 1.29 is 24.2 Å². The maximum Gasteiger partial charge on any atom is 0.407 e. The van der Waals surface area contributed by atoms with Crippen LogP contribution in [0.25, 0.3) is 11.1 Å². The molecule has 2 aromatic carbocycles. The number of benzene rings is 2. The molecule has 0 unspecified atom stereocenters. The average Bonchev–Trinajstić information content (AvgIpc) is 3.37. The van der Waals surface area contributed by atoms with Crippen LogP contribution in [-0.2, 0) is 20.9 Å². The largest absolute Gasteiger partial charge is 0.480 e. The number of carboxylic acid groups (broad SMARTS) is 1. The highest BCUT2D eigenvalue weighted by Gasteiger charge is 2.41. The van der Waals surface area contributed by atoms with Gasteiger partial charge in [0.05, 0.1) is 23.8 Å². The maximum atomic E-state index is 12.7. The molecule has 1 fully saturated rings. The highest BCUT2D eigenvalue weighted by atomic mass is 16.5. The van der Waals surface area contributed by atoms with Crippen LogP contribution >= 0.6 is 0 Å². The van der Waals surface area contributed by atoms with Crippen molar-refractivity contribution in [1.82, 2.24) is 15.1 Å². The van der Waals surface area contributed by atoms with Crippen molar-refractivity contribution in [2.75, 3.05) is 11.9 Å². The first-order valence-electron chi connectivity index (χ1n) is 11.6. The number of fused-ring (bicyclic) bond motifs is 3. The fourth-order valence-corrected chi connectivity index (χ4v) is 4.97. The first kappa shape index (κ1) is 22.6. The van der Waals surface area contributed by atoms with Gasteiger partial charge in [0.25, 0.3) is 0 Å². The first-order chi connectivity index (χ1) is 16.9. The normalized spacial score (nSPS) is 15.4. The van der Waals surface area contributed by atoms with Crippen LogP contribution < -0.4 is 10.6 Å². The summed E-state index contributed by atoms with van der Waals surface area (Å²) in [4.78, 5) is 36.2. The molecule has 0 bridgehead atoms. The molecule has 2 aliphatic rings. The Hall–Kier alpha value is -4.14. The zero-order valence-electron chi connectivity index (χ0n) is 19.1. The summed E-state index contributed by atoms with van der Waals surface area (Å²) in [6.07, 6.45) is 4.69. The Kier molecular flexibility index (Phi) is 5.98. The summed E-state index contributed by atoms with van der Waals surface area (Å²) in [6.45, 7) is -0.0754. The average molecular weight is 475 g/mol. The van der Waals surface area contributed by atoms with E-state index in [4.69, 9.17) is 9.84 Å². The molecule has 0 radical (unpaired) electrons. The van der Waals surface area contributed by atoms with Crippen LogP contribution in [0.4, 0.5) is 10.5 Å². The van der Waals surface area contributed by atoms with E-state index in [-0.39, 0.29) is 31.4 Å². The van der Waals surface area contributed by atoms with Crippen LogP contribution in [0.1, 0.15) is 42.7 Å². The zero-order chi connectivity index (χ0) is 24.4. The fraction of sp³-hybridized carbons (Fsp3) is 0.308. The van der Waals surface area contributed by atoms with Gasteiger partial charge in [-0.2, -0.15) is 5.10 Å². The third-order valence-electron chi connectivity index (χ3n) is 6.73. The quantitative estimate of drug-likeness (QED) is 0.457. The monoisotopic (exact) mass is 474 g/mol. The van der Waals surface area contributed by atoms with Crippen LogP contribution in [-0.4, -0.2) is 45.0 Å². The molecular formula is C26H26N4O5.